The van der Waals surface area contributed by atoms with E-state index in [9.17, 15) is 0 Å². The molecule has 1 heterocycles. The van der Waals surface area contributed by atoms with E-state index in [1.165, 1.54) is 25.7 Å². The van der Waals surface area contributed by atoms with Crippen molar-refractivity contribution in [1.29, 1.82) is 0 Å². The van der Waals surface area contributed by atoms with Crippen molar-refractivity contribution in [2.75, 3.05) is 0 Å². The van der Waals surface area contributed by atoms with Gasteiger partial charge in [-0.3, -0.25) is 0 Å². The first-order valence-electron chi connectivity index (χ1n) is 7.77. The van der Waals surface area contributed by atoms with E-state index in [0.29, 0.717) is 5.92 Å². The summed E-state index contributed by atoms with van der Waals surface area (Å²) in [5, 5.41) is 8.18. The Morgan fingerprint density at radius 1 is 1.26 bits per heavy atom. The fraction of sp³-hybridized carbons (Fsp3) is 0.867. The van der Waals surface area contributed by atoms with Crippen LogP contribution in [0.15, 0.2) is 6.20 Å². The van der Waals surface area contributed by atoms with Gasteiger partial charge in [-0.15, -0.1) is 5.10 Å². The van der Waals surface area contributed by atoms with Crippen LogP contribution in [0.4, 0.5) is 0 Å². The van der Waals surface area contributed by atoms with Gasteiger partial charge in [-0.1, -0.05) is 26.0 Å². The Kier molecular flexibility index (Phi) is 4.97. The number of aryl methyl sites for hydroxylation is 1. The van der Waals surface area contributed by atoms with Gasteiger partial charge in [0.1, 0.15) is 0 Å². The van der Waals surface area contributed by atoms with Crippen molar-refractivity contribution in [2.45, 2.75) is 65.5 Å². The van der Waals surface area contributed by atoms with Crippen LogP contribution in [-0.2, 0) is 6.54 Å². The van der Waals surface area contributed by atoms with E-state index in [4.69, 9.17) is 5.73 Å². The number of nitrogens with two attached hydrogens (primary N) is 1. The zero-order valence-corrected chi connectivity index (χ0v) is 12.5. The third kappa shape index (κ3) is 3.35. The van der Waals surface area contributed by atoms with Gasteiger partial charge in [0.25, 0.3) is 0 Å². The molecule has 1 unspecified atom stereocenters. The Morgan fingerprint density at radius 2 is 1.89 bits per heavy atom. The van der Waals surface area contributed by atoms with Gasteiger partial charge in [0.2, 0.25) is 0 Å². The van der Waals surface area contributed by atoms with Crippen LogP contribution in [0, 0.1) is 17.8 Å². The first-order valence-corrected chi connectivity index (χ1v) is 7.77. The summed E-state index contributed by atoms with van der Waals surface area (Å²) >= 11 is 0. The number of rotatable bonds is 5. The minimum Gasteiger partial charge on any atom is -0.322 e. The monoisotopic (exact) mass is 264 g/mol. The minimum atomic E-state index is 0.106. The van der Waals surface area contributed by atoms with Gasteiger partial charge in [0.15, 0.2) is 0 Å². The number of hydrogen-bond acceptors (Lipinski definition) is 3. The molecule has 1 fully saturated rings. The molecule has 1 aliphatic rings. The highest BCUT2D eigenvalue weighted by molar-refractivity contribution is 5.04. The molecule has 1 aliphatic carbocycles. The second-order valence-corrected chi connectivity index (χ2v) is 6.33. The molecule has 4 nitrogen and oxygen atoms in total. The van der Waals surface area contributed by atoms with Crippen LogP contribution in [0.5, 0.6) is 0 Å². The highest BCUT2D eigenvalue weighted by Crippen LogP contribution is 2.38. The van der Waals surface area contributed by atoms with E-state index in [-0.39, 0.29) is 6.04 Å². The fourth-order valence-corrected chi connectivity index (χ4v) is 3.32. The topological polar surface area (TPSA) is 56.7 Å². The summed E-state index contributed by atoms with van der Waals surface area (Å²) in [6, 6.07) is 0.106. The zero-order valence-electron chi connectivity index (χ0n) is 12.5. The highest BCUT2D eigenvalue weighted by Gasteiger charge is 2.29. The summed E-state index contributed by atoms with van der Waals surface area (Å²) < 4.78 is 1.99. The third-order valence-electron chi connectivity index (χ3n) is 4.69. The SMILES string of the molecule is CCCn1nncc1C(N)C1CCC(C(C)C)CC1. The zero-order chi connectivity index (χ0) is 13.8. The van der Waals surface area contributed by atoms with Crippen LogP contribution in [-0.4, -0.2) is 15.0 Å². The molecule has 0 saturated heterocycles. The van der Waals surface area contributed by atoms with Gasteiger partial charge in [0, 0.05) is 6.54 Å². The van der Waals surface area contributed by atoms with Crippen molar-refractivity contribution in [2.24, 2.45) is 23.5 Å². The highest BCUT2D eigenvalue weighted by atomic mass is 15.4. The summed E-state index contributed by atoms with van der Waals surface area (Å²) in [4.78, 5) is 0. The normalized spacial score (nSPS) is 25.7. The lowest BCUT2D eigenvalue weighted by Gasteiger charge is -2.33. The maximum atomic E-state index is 6.47. The molecular formula is C15H28N4. The van der Waals surface area contributed by atoms with E-state index in [1.807, 2.05) is 10.9 Å². The molecule has 1 saturated carbocycles. The molecule has 1 atom stereocenters. The molecule has 1 aromatic heterocycles. The van der Waals surface area contributed by atoms with E-state index >= 15 is 0 Å². The van der Waals surface area contributed by atoms with Gasteiger partial charge >= 0.3 is 0 Å². The lowest BCUT2D eigenvalue weighted by atomic mass is 9.74. The summed E-state index contributed by atoms with van der Waals surface area (Å²) in [6.07, 6.45) is 8.08. The third-order valence-corrected chi connectivity index (χ3v) is 4.69. The molecule has 19 heavy (non-hydrogen) atoms. The first-order chi connectivity index (χ1) is 9.13. The predicted molar refractivity (Wildman–Crippen MR) is 77.5 cm³/mol. The smallest absolute Gasteiger partial charge is 0.0757 e. The molecule has 2 N–H and O–H groups in total. The van der Waals surface area contributed by atoms with Crippen LogP contribution in [0.2, 0.25) is 0 Å². The lowest BCUT2D eigenvalue weighted by Crippen LogP contribution is -2.29. The van der Waals surface area contributed by atoms with Crippen LogP contribution < -0.4 is 5.73 Å². The standard InChI is InChI=1S/C15H28N4/c1-4-9-19-14(10-17-18-19)15(16)13-7-5-12(6-8-13)11(2)3/h10-13,15H,4-9,16H2,1-3H3. The fourth-order valence-electron chi connectivity index (χ4n) is 3.32. The van der Waals surface area contributed by atoms with Crippen molar-refractivity contribution in [1.82, 2.24) is 15.0 Å². The summed E-state index contributed by atoms with van der Waals surface area (Å²) in [5.41, 5.74) is 7.59. The second kappa shape index (κ2) is 6.51. The lowest BCUT2D eigenvalue weighted by molar-refractivity contribution is 0.200. The largest absolute Gasteiger partial charge is 0.322 e. The van der Waals surface area contributed by atoms with Crippen molar-refractivity contribution in [3.05, 3.63) is 11.9 Å². The Balaban J connectivity index is 1.97. The van der Waals surface area contributed by atoms with Gasteiger partial charge in [0.05, 0.1) is 17.9 Å². The molecular weight excluding hydrogens is 236 g/mol. The molecule has 1 aromatic rings. The molecule has 0 bridgehead atoms. The summed E-state index contributed by atoms with van der Waals surface area (Å²) in [7, 11) is 0. The summed E-state index contributed by atoms with van der Waals surface area (Å²) in [6.45, 7) is 7.76. The van der Waals surface area contributed by atoms with E-state index in [2.05, 4.69) is 31.1 Å². The second-order valence-electron chi connectivity index (χ2n) is 6.33. The van der Waals surface area contributed by atoms with Crippen LogP contribution in [0.25, 0.3) is 0 Å². The Labute approximate surface area is 116 Å². The number of aromatic nitrogens is 3. The number of hydrogen-bond donors (Lipinski definition) is 1. The predicted octanol–water partition coefficient (Wildman–Crippen LogP) is 3.15. The van der Waals surface area contributed by atoms with Gasteiger partial charge in [-0.25, -0.2) is 4.68 Å². The van der Waals surface area contributed by atoms with Crippen molar-refractivity contribution < 1.29 is 0 Å². The molecule has 0 spiro atoms. The van der Waals surface area contributed by atoms with Crippen molar-refractivity contribution >= 4 is 0 Å². The van der Waals surface area contributed by atoms with Gasteiger partial charge < -0.3 is 5.73 Å². The maximum absolute atomic E-state index is 6.47. The Bertz CT molecular complexity index is 377. The first kappa shape index (κ1) is 14.5. The Morgan fingerprint density at radius 3 is 2.47 bits per heavy atom. The van der Waals surface area contributed by atoms with Gasteiger partial charge in [-0.05, 0) is 49.9 Å². The molecule has 0 aromatic carbocycles. The van der Waals surface area contributed by atoms with Crippen molar-refractivity contribution in [3.63, 3.8) is 0 Å². The van der Waals surface area contributed by atoms with E-state index < -0.39 is 0 Å². The average Bonchev–Trinajstić information content (AvgIpc) is 2.87. The molecule has 4 heteroatoms. The Hall–Kier alpha value is -0.900. The van der Waals surface area contributed by atoms with Crippen LogP contribution in [0.1, 0.15) is 64.6 Å². The molecule has 0 radical (unpaired) electrons. The van der Waals surface area contributed by atoms with E-state index in [1.54, 1.807) is 0 Å². The van der Waals surface area contributed by atoms with Gasteiger partial charge in [-0.2, -0.15) is 0 Å². The quantitative estimate of drug-likeness (QED) is 0.888. The molecule has 108 valence electrons. The van der Waals surface area contributed by atoms with E-state index in [0.717, 1.165) is 30.5 Å². The maximum Gasteiger partial charge on any atom is 0.0757 e. The molecule has 0 aliphatic heterocycles. The molecule has 0 amide bonds. The average molecular weight is 264 g/mol. The van der Waals surface area contributed by atoms with Crippen LogP contribution >= 0.6 is 0 Å². The summed E-state index contributed by atoms with van der Waals surface area (Å²) in [5.74, 6) is 2.30. The van der Waals surface area contributed by atoms with Crippen LogP contribution in [0.3, 0.4) is 0 Å². The van der Waals surface area contributed by atoms with Crippen molar-refractivity contribution in [3.8, 4) is 0 Å². The minimum absolute atomic E-state index is 0.106. The number of nitrogens with zero attached hydrogens (tertiary/aromatic N) is 3. The molecule has 2 rings (SSSR count).